The third-order valence-electron chi connectivity index (χ3n) is 4.51. The van der Waals surface area contributed by atoms with Crippen molar-refractivity contribution in [2.24, 2.45) is 0 Å². The highest BCUT2D eigenvalue weighted by Crippen LogP contribution is 2.18. The second-order valence-corrected chi connectivity index (χ2v) is 7.09. The third kappa shape index (κ3) is 3.80. The summed E-state index contributed by atoms with van der Waals surface area (Å²) in [5, 5.41) is 5.11. The first kappa shape index (κ1) is 15.3. The molecule has 0 radical (unpaired) electrons. The van der Waals surface area contributed by atoms with Gasteiger partial charge in [0.2, 0.25) is 5.91 Å². The molecule has 3 rings (SSSR count). The maximum absolute atomic E-state index is 12.2. The van der Waals surface area contributed by atoms with E-state index in [4.69, 9.17) is 0 Å². The molecular formula is C16H23N3O2S. The van der Waals surface area contributed by atoms with Gasteiger partial charge in [-0.3, -0.25) is 4.79 Å². The molecule has 120 valence electrons. The molecule has 2 aliphatic rings. The van der Waals surface area contributed by atoms with E-state index in [9.17, 15) is 9.59 Å². The number of hydrogen-bond donors (Lipinski definition) is 1. The van der Waals surface area contributed by atoms with Crippen LogP contribution in [0.5, 0.6) is 0 Å². The molecule has 3 amide bonds. The Bertz CT molecular complexity index is 503. The van der Waals surface area contributed by atoms with E-state index in [1.165, 1.54) is 12.8 Å². The van der Waals surface area contributed by atoms with Crippen LogP contribution in [0.15, 0.2) is 17.5 Å². The van der Waals surface area contributed by atoms with E-state index < -0.39 is 0 Å². The van der Waals surface area contributed by atoms with Crippen molar-refractivity contribution >= 4 is 23.3 Å². The summed E-state index contributed by atoms with van der Waals surface area (Å²) in [6, 6.07) is 4.36. The molecule has 2 heterocycles. The predicted octanol–water partition coefficient (Wildman–Crippen LogP) is 2.09. The van der Waals surface area contributed by atoms with E-state index in [0.717, 1.165) is 17.7 Å². The van der Waals surface area contributed by atoms with E-state index in [0.29, 0.717) is 38.6 Å². The van der Waals surface area contributed by atoms with Gasteiger partial charge in [-0.05, 0) is 24.3 Å². The number of nitrogens with zero attached hydrogens (tertiary/aromatic N) is 2. The summed E-state index contributed by atoms with van der Waals surface area (Å²) >= 11 is 1.62. The van der Waals surface area contributed by atoms with Crippen molar-refractivity contribution in [2.75, 3.05) is 26.2 Å². The van der Waals surface area contributed by atoms with Gasteiger partial charge in [0, 0.05) is 37.1 Å². The minimum Gasteiger partial charge on any atom is -0.339 e. The molecule has 22 heavy (non-hydrogen) atoms. The quantitative estimate of drug-likeness (QED) is 0.927. The van der Waals surface area contributed by atoms with Gasteiger partial charge in [0.15, 0.2) is 0 Å². The molecule has 6 heteroatoms. The molecule has 0 spiro atoms. The highest BCUT2D eigenvalue weighted by Gasteiger charge is 2.26. The maximum Gasteiger partial charge on any atom is 0.317 e. The van der Waals surface area contributed by atoms with Gasteiger partial charge in [0.05, 0.1) is 6.42 Å². The fraction of sp³-hybridized carbons (Fsp3) is 0.625. The maximum atomic E-state index is 12.2. The van der Waals surface area contributed by atoms with Crippen molar-refractivity contribution < 1.29 is 9.59 Å². The number of urea groups is 1. The molecular weight excluding hydrogens is 298 g/mol. The zero-order valence-electron chi connectivity index (χ0n) is 12.8. The second-order valence-electron chi connectivity index (χ2n) is 6.05. The van der Waals surface area contributed by atoms with Crippen LogP contribution in [0.25, 0.3) is 0 Å². The number of rotatable bonds is 3. The molecule has 0 atom stereocenters. The molecule has 1 aliphatic carbocycles. The molecule has 1 aromatic rings. The minimum absolute atomic E-state index is 0.0391. The van der Waals surface area contributed by atoms with E-state index in [1.54, 1.807) is 11.3 Å². The molecule has 1 saturated carbocycles. The third-order valence-corrected chi connectivity index (χ3v) is 5.38. The second kappa shape index (κ2) is 7.13. The molecule has 1 saturated heterocycles. The number of amides is 3. The van der Waals surface area contributed by atoms with Gasteiger partial charge < -0.3 is 15.1 Å². The summed E-state index contributed by atoms with van der Waals surface area (Å²) in [5.74, 6) is 0.165. The Morgan fingerprint density at radius 1 is 1.14 bits per heavy atom. The van der Waals surface area contributed by atoms with Crippen molar-refractivity contribution in [3.05, 3.63) is 22.4 Å². The van der Waals surface area contributed by atoms with Gasteiger partial charge in [-0.1, -0.05) is 18.9 Å². The molecule has 2 fully saturated rings. The Balaban J connectivity index is 1.43. The fourth-order valence-corrected chi connectivity index (χ4v) is 3.86. The number of carbonyl (C=O) groups is 2. The largest absolute Gasteiger partial charge is 0.339 e. The summed E-state index contributed by atoms with van der Waals surface area (Å²) in [5.41, 5.74) is 0. The highest BCUT2D eigenvalue weighted by atomic mass is 32.1. The van der Waals surface area contributed by atoms with E-state index in [1.807, 2.05) is 27.3 Å². The number of thiophene rings is 1. The van der Waals surface area contributed by atoms with Crippen LogP contribution in [-0.2, 0) is 11.2 Å². The summed E-state index contributed by atoms with van der Waals surface area (Å²) in [7, 11) is 0. The zero-order chi connectivity index (χ0) is 15.4. The van der Waals surface area contributed by atoms with E-state index in [-0.39, 0.29) is 11.9 Å². The highest BCUT2D eigenvalue weighted by molar-refractivity contribution is 7.10. The minimum atomic E-state index is 0.0391. The monoisotopic (exact) mass is 321 g/mol. The van der Waals surface area contributed by atoms with Gasteiger partial charge in [-0.25, -0.2) is 4.79 Å². The summed E-state index contributed by atoms with van der Waals surface area (Å²) in [4.78, 5) is 29.3. The number of piperazine rings is 1. The van der Waals surface area contributed by atoms with Gasteiger partial charge in [-0.2, -0.15) is 0 Å². The summed E-state index contributed by atoms with van der Waals surface area (Å²) in [6.07, 6.45) is 5.12. The SMILES string of the molecule is O=C(Cc1cccs1)N1CCN(C(=O)NC2CCCC2)CC1. The predicted molar refractivity (Wildman–Crippen MR) is 87.0 cm³/mol. The van der Waals surface area contributed by atoms with Crippen molar-refractivity contribution in [3.63, 3.8) is 0 Å². The van der Waals surface area contributed by atoms with Gasteiger partial charge in [0.1, 0.15) is 0 Å². The van der Waals surface area contributed by atoms with Gasteiger partial charge in [0.25, 0.3) is 0 Å². The van der Waals surface area contributed by atoms with Crippen LogP contribution in [0, 0.1) is 0 Å². The normalized spacial score (nSPS) is 19.5. The van der Waals surface area contributed by atoms with Crippen molar-refractivity contribution in [2.45, 2.75) is 38.1 Å². The van der Waals surface area contributed by atoms with E-state index >= 15 is 0 Å². The Morgan fingerprint density at radius 2 is 1.82 bits per heavy atom. The van der Waals surface area contributed by atoms with Gasteiger partial charge in [-0.15, -0.1) is 11.3 Å². The first-order valence-electron chi connectivity index (χ1n) is 8.08. The lowest BCUT2D eigenvalue weighted by molar-refractivity contribution is -0.131. The van der Waals surface area contributed by atoms with Crippen LogP contribution in [0.4, 0.5) is 4.79 Å². The topological polar surface area (TPSA) is 52.7 Å². The average molecular weight is 321 g/mol. The van der Waals surface area contributed by atoms with Crippen molar-refractivity contribution in [1.29, 1.82) is 0 Å². The Kier molecular flexibility index (Phi) is 4.97. The summed E-state index contributed by atoms with van der Waals surface area (Å²) in [6.45, 7) is 2.55. The van der Waals surface area contributed by atoms with E-state index in [2.05, 4.69) is 5.32 Å². The van der Waals surface area contributed by atoms with Crippen LogP contribution in [-0.4, -0.2) is 54.0 Å². The Morgan fingerprint density at radius 3 is 2.45 bits per heavy atom. The van der Waals surface area contributed by atoms with Crippen molar-refractivity contribution in [1.82, 2.24) is 15.1 Å². The van der Waals surface area contributed by atoms with Crippen LogP contribution in [0.3, 0.4) is 0 Å². The smallest absolute Gasteiger partial charge is 0.317 e. The molecule has 1 aliphatic heterocycles. The number of carbonyl (C=O) groups excluding carboxylic acids is 2. The average Bonchev–Trinajstić information content (AvgIpc) is 3.21. The lowest BCUT2D eigenvalue weighted by Gasteiger charge is -2.35. The standard InChI is InChI=1S/C16H23N3O2S/c20-15(12-14-6-3-11-22-14)18-7-9-19(10-8-18)16(21)17-13-4-1-2-5-13/h3,6,11,13H,1-2,4-5,7-10,12H2,(H,17,21). The van der Waals surface area contributed by atoms with Gasteiger partial charge >= 0.3 is 6.03 Å². The lowest BCUT2D eigenvalue weighted by atomic mass is 10.2. The number of nitrogens with one attached hydrogen (secondary N) is 1. The molecule has 1 N–H and O–H groups in total. The first-order valence-corrected chi connectivity index (χ1v) is 8.96. The molecule has 0 unspecified atom stereocenters. The van der Waals surface area contributed by atoms with Crippen LogP contribution >= 0.6 is 11.3 Å². The molecule has 1 aromatic heterocycles. The zero-order valence-corrected chi connectivity index (χ0v) is 13.6. The fourth-order valence-electron chi connectivity index (χ4n) is 3.17. The summed E-state index contributed by atoms with van der Waals surface area (Å²) < 4.78 is 0. The molecule has 5 nitrogen and oxygen atoms in total. The molecule has 0 bridgehead atoms. The number of hydrogen-bond acceptors (Lipinski definition) is 3. The van der Waals surface area contributed by atoms with Crippen LogP contribution in [0.2, 0.25) is 0 Å². The van der Waals surface area contributed by atoms with Crippen molar-refractivity contribution in [3.8, 4) is 0 Å². The van der Waals surface area contributed by atoms with Crippen LogP contribution in [0.1, 0.15) is 30.6 Å². The Labute approximate surface area is 135 Å². The lowest BCUT2D eigenvalue weighted by Crippen LogP contribution is -2.54. The molecule has 0 aromatic carbocycles. The first-order chi connectivity index (χ1) is 10.7. The van der Waals surface area contributed by atoms with Crippen LogP contribution < -0.4 is 5.32 Å². The Hall–Kier alpha value is -1.56.